The average molecular weight is 290 g/mol. The minimum absolute atomic E-state index is 0.00608. The SMILES string of the molecule is COc1ccc(CN(C)C(=O)C2C=CC(N)C2)cc1OC. The van der Waals surface area contributed by atoms with Gasteiger partial charge < -0.3 is 20.1 Å². The number of ether oxygens (including phenoxy) is 2. The van der Waals surface area contributed by atoms with E-state index in [4.69, 9.17) is 15.2 Å². The second-order valence-electron chi connectivity index (χ2n) is 5.27. The molecule has 0 bridgehead atoms. The van der Waals surface area contributed by atoms with Gasteiger partial charge in [0.15, 0.2) is 11.5 Å². The predicted octanol–water partition coefficient (Wildman–Crippen LogP) is 1.57. The molecule has 1 aliphatic rings. The van der Waals surface area contributed by atoms with Crippen LogP contribution in [0.2, 0.25) is 0 Å². The summed E-state index contributed by atoms with van der Waals surface area (Å²) >= 11 is 0. The lowest BCUT2D eigenvalue weighted by atomic mass is 10.1. The first-order valence-electron chi connectivity index (χ1n) is 6.95. The summed E-state index contributed by atoms with van der Waals surface area (Å²) in [5.74, 6) is 1.33. The molecule has 0 saturated carbocycles. The number of hydrogen-bond acceptors (Lipinski definition) is 4. The Bertz CT molecular complexity index is 542. The molecule has 0 heterocycles. The number of hydrogen-bond donors (Lipinski definition) is 1. The maximum atomic E-state index is 12.3. The molecule has 2 atom stereocenters. The van der Waals surface area contributed by atoms with E-state index in [1.807, 2.05) is 30.4 Å². The summed E-state index contributed by atoms with van der Waals surface area (Å²) in [5.41, 5.74) is 6.79. The molecule has 114 valence electrons. The molecular weight excluding hydrogens is 268 g/mol. The van der Waals surface area contributed by atoms with Gasteiger partial charge in [0, 0.05) is 19.6 Å². The van der Waals surface area contributed by atoms with Crippen LogP contribution in [0.4, 0.5) is 0 Å². The number of methoxy groups -OCH3 is 2. The summed E-state index contributed by atoms with van der Waals surface area (Å²) in [6.07, 6.45) is 4.49. The summed E-state index contributed by atoms with van der Waals surface area (Å²) in [6, 6.07) is 5.66. The minimum atomic E-state index is -0.106. The van der Waals surface area contributed by atoms with Crippen molar-refractivity contribution in [3.63, 3.8) is 0 Å². The van der Waals surface area contributed by atoms with E-state index in [-0.39, 0.29) is 17.9 Å². The fraction of sp³-hybridized carbons (Fsp3) is 0.438. The normalized spacial score (nSPS) is 20.4. The summed E-state index contributed by atoms with van der Waals surface area (Å²) in [7, 11) is 5.00. The topological polar surface area (TPSA) is 64.8 Å². The van der Waals surface area contributed by atoms with Gasteiger partial charge in [0.25, 0.3) is 0 Å². The number of carbonyl (C=O) groups is 1. The van der Waals surface area contributed by atoms with Crippen molar-refractivity contribution in [2.24, 2.45) is 11.7 Å². The molecule has 2 N–H and O–H groups in total. The standard InChI is InChI=1S/C16H22N2O3/c1-18(16(19)12-5-6-13(17)9-12)10-11-4-7-14(20-2)15(8-11)21-3/h4-8,12-13H,9-10,17H2,1-3H3. The van der Waals surface area contributed by atoms with Crippen LogP contribution in [-0.2, 0) is 11.3 Å². The van der Waals surface area contributed by atoms with Gasteiger partial charge in [0.2, 0.25) is 5.91 Å². The van der Waals surface area contributed by atoms with Gasteiger partial charge in [-0.2, -0.15) is 0 Å². The van der Waals surface area contributed by atoms with E-state index in [0.29, 0.717) is 24.5 Å². The largest absolute Gasteiger partial charge is 0.493 e. The van der Waals surface area contributed by atoms with Crippen molar-refractivity contribution in [1.29, 1.82) is 0 Å². The zero-order chi connectivity index (χ0) is 15.4. The van der Waals surface area contributed by atoms with Crippen LogP contribution in [-0.4, -0.2) is 38.1 Å². The molecule has 1 aliphatic carbocycles. The quantitative estimate of drug-likeness (QED) is 0.836. The molecule has 2 rings (SSSR count). The third kappa shape index (κ3) is 3.55. The maximum absolute atomic E-state index is 12.3. The van der Waals surface area contributed by atoms with Crippen molar-refractivity contribution in [2.75, 3.05) is 21.3 Å². The molecular formula is C16H22N2O3. The molecule has 5 nitrogen and oxygen atoms in total. The molecule has 0 aromatic heterocycles. The van der Waals surface area contributed by atoms with E-state index in [9.17, 15) is 4.79 Å². The first-order chi connectivity index (χ1) is 10.0. The number of nitrogens with zero attached hydrogens (tertiary/aromatic N) is 1. The molecule has 0 saturated heterocycles. The molecule has 2 unspecified atom stereocenters. The van der Waals surface area contributed by atoms with E-state index in [1.54, 1.807) is 26.2 Å². The van der Waals surface area contributed by atoms with E-state index in [1.165, 1.54) is 0 Å². The first kappa shape index (κ1) is 15.4. The maximum Gasteiger partial charge on any atom is 0.229 e. The van der Waals surface area contributed by atoms with Crippen LogP contribution in [0.5, 0.6) is 11.5 Å². The molecule has 0 fully saturated rings. The van der Waals surface area contributed by atoms with Gasteiger partial charge in [-0.15, -0.1) is 0 Å². The first-order valence-corrected chi connectivity index (χ1v) is 6.95. The predicted molar refractivity (Wildman–Crippen MR) is 81.2 cm³/mol. The zero-order valence-corrected chi connectivity index (χ0v) is 12.7. The van der Waals surface area contributed by atoms with Crippen molar-refractivity contribution < 1.29 is 14.3 Å². The van der Waals surface area contributed by atoms with Gasteiger partial charge in [-0.25, -0.2) is 0 Å². The summed E-state index contributed by atoms with van der Waals surface area (Å²) in [4.78, 5) is 14.1. The molecule has 0 radical (unpaired) electrons. The van der Waals surface area contributed by atoms with Crippen LogP contribution < -0.4 is 15.2 Å². The minimum Gasteiger partial charge on any atom is -0.493 e. The van der Waals surface area contributed by atoms with Crippen molar-refractivity contribution in [3.05, 3.63) is 35.9 Å². The number of nitrogens with two attached hydrogens (primary N) is 1. The van der Waals surface area contributed by atoms with E-state index in [2.05, 4.69) is 0 Å². The van der Waals surface area contributed by atoms with Crippen LogP contribution in [0.1, 0.15) is 12.0 Å². The Morgan fingerprint density at radius 2 is 2.00 bits per heavy atom. The fourth-order valence-corrected chi connectivity index (χ4v) is 2.52. The van der Waals surface area contributed by atoms with Crippen molar-refractivity contribution in [1.82, 2.24) is 4.90 Å². The number of amides is 1. The summed E-state index contributed by atoms with van der Waals surface area (Å²) in [6.45, 7) is 0.527. The Morgan fingerprint density at radius 1 is 1.29 bits per heavy atom. The molecule has 1 aromatic carbocycles. The van der Waals surface area contributed by atoms with Gasteiger partial charge in [-0.1, -0.05) is 18.2 Å². The van der Waals surface area contributed by atoms with E-state index in [0.717, 1.165) is 5.56 Å². The lowest BCUT2D eigenvalue weighted by Crippen LogP contribution is -2.32. The Morgan fingerprint density at radius 3 is 2.57 bits per heavy atom. The third-order valence-electron chi connectivity index (χ3n) is 3.68. The van der Waals surface area contributed by atoms with Crippen LogP contribution in [0.25, 0.3) is 0 Å². The summed E-state index contributed by atoms with van der Waals surface area (Å²) in [5, 5.41) is 0. The van der Waals surface area contributed by atoms with Crippen LogP contribution in [0.3, 0.4) is 0 Å². The van der Waals surface area contributed by atoms with Gasteiger partial charge in [0.1, 0.15) is 0 Å². The zero-order valence-electron chi connectivity index (χ0n) is 12.7. The van der Waals surface area contributed by atoms with E-state index >= 15 is 0 Å². The number of rotatable bonds is 5. The van der Waals surface area contributed by atoms with Crippen LogP contribution >= 0.6 is 0 Å². The highest BCUT2D eigenvalue weighted by atomic mass is 16.5. The third-order valence-corrected chi connectivity index (χ3v) is 3.68. The molecule has 0 spiro atoms. The Labute approximate surface area is 125 Å². The van der Waals surface area contributed by atoms with Gasteiger partial charge in [-0.3, -0.25) is 4.79 Å². The second-order valence-corrected chi connectivity index (χ2v) is 5.27. The van der Waals surface area contributed by atoms with Crippen molar-refractivity contribution in [3.8, 4) is 11.5 Å². The molecule has 0 aliphatic heterocycles. The Hall–Kier alpha value is -2.01. The fourth-order valence-electron chi connectivity index (χ4n) is 2.52. The lowest BCUT2D eigenvalue weighted by molar-refractivity contribution is -0.133. The number of benzene rings is 1. The molecule has 5 heteroatoms. The van der Waals surface area contributed by atoms with Crippen LogP contribution in [0.15, 0.2) is 30.4 Å². The average Bonchev–Trinajstić information content (AvgIpc) is 2.92. The lowest BCUT2D eigenvalue weighted by Gasteiger charge is -2.21. The number of carbonyl (C=O) groups excluding carboxylic acids is 1. The second kappa shape index (κ2) is 6.63. The molecule has 1 aromatic rings. The van der Waals surface area contributed by atoms with Gasteiger partial charge >= 0.3 is 0 Å². The van der Waals surface area contributed by atoms with Gasteiger partial charge in [-0.05, 0) is 24.1 Å². The molecule has 21 heavy (non-hydrogen) atoms. The van der Waals surface area contributed by atoms with Gasteiger partial charge in [0.05, 0.1) is 20.1 Å². The monoisotopic (exact) mass is 290 g/mol. The highest BCUT2D eigenvalue weighted by molar-refractivity contribution is 5.81. The highest BCUT2D eigenvalue weighted by Crippen LogP contribution is 2.28. The highest BCUT2D eigenvalue weighted by Gasteiger charge is 2.25. The summed E-state index contributed by atoms with van der Waals surface area (Å²) < 4.78 is 10.5. The van der Waals surface area contributed by atoms with Crippen LogP contribution in [0, 0.1) is 5.92 Å². The Balaban J connectivity index is 2.04. The van der Waals surface area contributed by atoms with Crippen molar-refractivity contribution in [2.45, 2.75) is 19.0 Å². The molecule has 1 amide bonds. The van der Waals surface area contributed by atoms with Crippen molar-refractivity contribution >= 4 is 5.91 Å². The van der Waals surface area contributed by atoms with E-state index < -0.39 is 0 Å². The smallest absolute Gasteiger partial charge is 0.229 e. The Kier molecular flexibility index (Phi) is 4.85.